The van der Waals surface area contributed by atoms with Gasteiger partial charge in [0.2, 0.25) is 0 Å². The second-order valence-corrected chi connectivity index (χ2v) is 6.64. The molecule has 2 unspecified atom stereocenters. The third kappa shape index (κ3) is 5.18. The number of ether oxygens (including phenoxy) is 1. The zero-order chi connectivity index (χ0) is 15.9. The Morgan fingerprint density at radius 1 is 1.55 bits per heavy atom. The van der Waals surface area contributed by atoms with Crippen LogP contribution in [0, 0.1) is 5.92 Å². The van der Waals surface area contributed by atoms with Crippen LogP contribution in [0.15, 0.2) is 33.7 Å². The summed E-state index contributed by atoms with van der Waals surface area (Å²) < 4.78 is 6.44. The number of piperidine rings is 1. The molecule has 0 amide bonds. The number of nitrogens with zero attached hydrogens (tertiary/aromatic N) is 2. The molecule has 3 N–H and O–H groups in total. The van der Waals surface area contributed by atoms with Crippen molar-refractivity contribution in [2.24, 2.45) is 16.6 Å². The summed E-state index contributed by atoms with van der Waals surface area (Å²) in [7, 11) is 0. The van der Waals surface area contributed by atoms with Gasteiger partial charge in [-0.05, 0) is 46.8 Å². The lowest BCUT2D eigenvalue weighted by Crippen LogP contribution is -2.44. The van der Waals surface area contributed by atoms with Gasteiger partial charge in [0, 0.05) is 13.1 Å². The number of guanidine groups is 1. The van der Waals surface area contributed by atoms with Gasteiger partial charge < -0.3 is 20.5 Å². The van der Waals surface area contributed by atoms with E-state index in [2.05, 4.69) is 32.7 Å². The van der Waals surface area contributed by atoms with Crippen LogP contribution >= 0.6 is 15.9 Å². The number of hydrogen-bond acceptors (Lipinski definition) is 3. The van der Waals surface area contributed by atoms with E-state index in [0.717, 1.165) is 24.0 Å². The number of hydrogen-bond donors (Lipinski definition) is 2. The van der Waals surface area contributed by atoms with Crippen molar-refractivity contribution in [3.05, 3.63) is 28.7 Å². The van der Waals surface area contributed by atoms with Crippen LogP contribution < -0.4 is 10.5 Å². The lowest BCUT2D eigenvalue weighted by Gasteiger charge is -2.31. The number of rotatable bonds is 5. The van der Waals surface area contributed by atoms with E-state index in [0.29, 0.717) is 17.6 Å². The molecule has 2 rings (SSSR count). The first-order chi connectivity index (χ1) is 10.6. The van der Waals surface area contributed by atoms with Crippen LogP contribution in [0.25, 0.3) is 0 Å². The van der Waals surface area contributed by atoms with E-state index in [9.17, 15) is 5.11 Å². The summed E-state index contributed by atoms with van der Waals surface area (Å²) in [6, 6.07) is 7.55. The minimum absolute atomic E-state index is 0.190. The number of aliphatic imine (C=N–C) groups is 1. The van der Waals surface area contributed by atoms with Crippen LogP contribution in [-0.4, -0.2) is 48.3 Å². The average Bonchev–Trinajstić information content (AvgIpc) is 2.52. The van der Waals surface area contributed by atoms with E-state index in [4.69, 9.17) is 10.5 Å². The molecule has 1 fully saturated rings. The molecule has 0 aliphatic carbocycles. The molecule has 22 heavy (non-hydrogen) atoms. The van der Waals surface area contributed by atoms with Crippen molar-refractivity contribution in [2.75, 3.05) is 26.2 Å². The fraction of sp³-hybridized carbons (Fsp3) is 0.562. The molecule has 0 aromatic heterocycles. The molecular weight excluding hydrogens is 346 g/mol. The Morgan fingerprint density at radius 3 is 3.05 bits per heavy atom. The quantitative estimate of drug-likeness (QED) is 0.616. The molecule has 1 aromatic carbocycles. The molecule has 0 radical (unpaired) electrons. The van der Waals surface area contributed by atoms with Crippen LogP contribution in [0.5, 0.6) is 5.75 Å². The van der Waals surface area contributed by atoms with Crippen LogP contribution in [0.1, 0.15) is 19.8 Å². The van der Waals surface area contributed by atoms with Crippen molar-refractivity contribution >= 4 is 21.9 Å². The molecule has 0 spiro atoms. The molecule has 1 aliphatic rings. The minimum atomic E-state index is -0.673. The van der Waals surface area contributed by atoms with Gasteiger partial charge in [0.05, 0.1) is 11.0 Å². The molecule has 1 saturated heterocycles. The molecule has 2 atom stereocenters. The van der Waals surface area contributed by atoms with E-state index in [1.165, 1.54) is 6.42 Å². The van der Waals surface area contributed by atoms with Gasteiger partial charge in [0.1, 0.15) is 18.5 Å². The van der Waals surface area contributed by atoms with E-state index >= 15 is 0 Å². The lowest BCUT2D eigenvalue weighted by molar-refractivity contribution is 0.113. The van der Waals surface area contributed by atoms with Crippen LogP contribution in [0.4, 0.5) is 0 Å². The van der Waals surface area contributed by atoms with Gasteiger partial charge in [0.15, 0.2) is 5.96 Å². The van der Waals surface area contributed by atoms with Gasteiger partial charge in [-0.2, -0.15) is 0 Å². The highest BCUT2D eigenvalue weighted by Crippen LogP contribution is 2.23. The van der Waals surface area contributed by atoms with Crippen molar-refractivity contribution in [2.45, 2.75) is 25.9 Å². The number of nitrogens with two attached hydrogens (primary N) is 1. The predicted molar refractivity (Wildman–Crippen MR) is 92.1 cm³/mol. The van der Waals surface area contributed by atoms with E-state index in [-0.39, 0.29) is 13.2 Å². The first kappa shape index (κ1) is 17.1. The minimum Gasteiger partial charge on any atom is -0.490 e. The molecule has 1 aromatic rings. The summed E-state index contributed by atoms with van der Waals surface area (Å²) in [6.07, 6.45) is 1.71. The molecule has 0 bridgehead atoms. The van der Waals surface area contributed by atoms with Crippen molar-refractivity contribution in [3.8, 4) is 5.75 Å². The summed E-state index contributed by atoms with van der Waals surface area (Å²) in [4.78, 5) is 6.39. The van der Waals surface area contributed by atoms with Crippen LogP contribution in [-0.2, 0) is 0 Å². The molecule has 6 heteroatoms. The zero-order valence-corrected chi connectivity index (χ0v) is 14.5. The number of aliphatic hydroxyl groups excluding tert-OH is 1. The largest absolute Gasteiger partial charge is 0.490 e. The second-order valence-electron chi connectivity index (χ2n) is 5.79. The fourth-order valence-electron chi connectivity index (χ4n) is 2.50. The molecular formula is C16H24BrN3O2. The Hall–Kier alpha value is -1.27. The van der Waals surface area contributed by atoms with Gasteiger partial charge in [-0.1, -0.05) is 19.1 Å². The SMILES string of the molecule is CC1CCCN(C(N)=NCC(O)COc2ccccc2Br)C1. The number of aliphatic hydroxyl groups is 1. The molecule has 122 valence electrons. The second kappa shape index (κ2) is 8.39. The maximum atomic E-state index is 9.98. The number of likely N-dealkylation sites (tertiary alicyclic amines) is 1. The average molecular weight is 370 g/mol. The van der Waals surface area contributed by atoms with Crippen molar-refractivity contribution in [3.63, 3.8) is 0 Å². The molecule has 5 nitrogen and oxygen atoms in total. The highest BCUT2D eigenvalue weighted by atomic mass is 79.9. The van der Waals surface area contributed by atoms with Gasteiger partial charge >= 0.3 is 0 Å². The Balaban J connectivity index is 1.78. The molecule has 1 heterocycles. The third-order valence-corrected chi connectivity index (χ3v) is 4.37. The summed E-state index contributed by atoms with van der Waals surface area (Å²) in [5, 5.41) is 9.98. The van der Waals surface area contributed by atoms with Gasteiger partial charge in [0.25, 0.3) is 0 Å². The zero-order valence-electron chi connectivity index (χ0n) is 12.9. The number of halogens is 1. The molecule has 0 saturated carbocycles. The van der Waals surface area contributed by atoms with Gasteiger partial charge in [-0.3, -0.25) is 4.99 Å². The van der Waals surface area contributed by atoms with E-state index in [1.807, 2.05) is 24.3 Å². The van der Waals surface area contributed by atoms with E-state index in [1.54, 1.807) is 0 Å². The van der Waals surface area contributed by atoms with E-state index < -0.39 is 6.10 Å². The van der Waals surface area contributed by atoms with Gasteiger partial charge in [-0.25, -0.2) is 0 Å². The first-order valence-electron chi connectivity index (χ1n) is 7.66. The van der Waals surface area contributed by atoms with Crippen molar-refractivity contribution in [1.29, 1.82) is 0 Å². The third-order valence-electron chi connectivity index (χ3n) is 3.71. The Kier molecular flexibility index (Phi) is 6.51. The monoisotopic (exact) mass is 369 g/mol. The highest BCUT2D eigenvalue weighted by Gasteiger charge is 2.17. The predicted octanol–water partition coefficient (Wildman–Crippen LogP) is 2.24. The van der Waals surface area contributed by atoms with Crippen molar-refractivity contribution < 1.29 is 9.84 Å². The summed E-state index contributed by atoms with van der Waals surface area (Å²) in [5.74, 6) is 1.88. The number of benzene rings is 1. The topological polar surface area (TPSA) is 71.1 Å². The lowest BCUT2D eigenvalue weighted by atomic mass is 10.0. The smallest absolute Gasteiger partial charge is 0.191 e. The number of para-hydroxylation sites is 1. The maximum absolute atomic E-state index is 9.98. The summed E-state index contributed by atoms with van der Waals surface area (Å²) >= 11 is 3.41. The Bertz CT molecular complexity index is 510. The van der Waals surface area contributed by atoms with Gasteiger partial charge in [-0.15, -0.1) is 0 Å². The summed E-state index contributed by atoms with van der Waals surface area (Å²) in [5.41, 5.74) is 6.01. The first-order valence-corrected chi connectivity index (χ1v) is 8.46. The normalized spacial score (nSPS) is 20.8. The Morgan fingerprint density at radius 2 is 2.32 bits per heavy atom. The van der Waals surface area contributed by atoms with Crippen LogP contribution in [0.2, 0.25) is 0 Å². The van der Waals surface area contributed by atoms with Crippen LogP contribution in [0.3, 0.4) is 0 Å². The fourth-order valence-corrected chi connectivity index (χ4v) is 2.90. The Labute approximate surface area is 140 Å². The standard InChI is InChI=1S/C16H24BrN3O2/c1-12-5-4-8-20(10-12)16(18)19-9-13(21)11-22-15-7-3-2-6-14(15)17/h2-3,6-7,12-13,21H,4-5,8-11H2,1H3,(H2,18,19). The highest BCUT2D eigenvalue weighted by molar-refractivity contribution is 9.10. The van der Waals surface area contributed by atoms with Crippen molar-refractivity contribution in [1.82, 2.24) is 4.90 Å². The molecule has 1 aliphatic heterocycles. The summed E-state index contributed by atoms with van der Waals surface area (Å²) in [6.45, 7) is 4.55. The maximum Gasteiger partial charge on any atom is 0.191 e.